The smallest absolute Gasteiger partial charge is 0.253 e. The quantitative estimate of drug-likeness (QED) is 0.704. The number of nitrogens with one attached hydrogen (secondary N) is 1. The summed E-state index contributed by atoms with van der Waals surface area (Å²) in [4.78, 5) is 26.5. The predicted octanol–water partition coefficient (Wildman–Crippen LogP) is 4.07. The Kier molecular flexibility index (Phi) is 7.65. The summed E-state index contributed by atoms with van der Waals surface area (Å²) >= 11 is 0. The Bertz CT molecular complexity index is 738. The molecule has 0 saturated carbocycles. The lowest BCUT2D eigenvalue weighted by molar-refractivity contribution is -0.121. The van der Waals surface area contributed by atoms with E-state index >= 15 is 0 Å². The van der Waals surface area contributed by atoms with Crippen LogP contribution in [0.4, 0.5) is 0 Å². The van der Waals surface area contributed by atoms with Crippen molar-refractivity contribution in [1.29, 1.82) is 0 Å². The van der Waals surface area contributed by atoms with E-state index in [1.165, 1.54) is 5.56 Å². The molecule has 148 valence electrons. The van der Waals surface area contributed by atoms with Gasteiger partial charge in [-0.3, -0.25) is 9.59 Å². The van der Waals surface area contributed by atoms with E-state index in [4.69, 9.17) is 0 Å². The number of amides is 2. The van der Waals surface area contributed by atoms with Crippen molar-refractivity contribution < 1.29 is 9.59 Å². The molecule has 0 spiro atoms. The molecule has 2 aromatic rings. The summed E-state index contributed by atoms with van der Waals surface area (Å²) < 4.78 is 0. The van der Waals surface area contributed by atoms with Gasteiger partial charge in [-0.2, -0.15) is 0 Å². The highest BCUT2D eigenvalue weighted by Gasteiger charge is 2.23. The molecule has 3 rings (SSSR count). The van der Waals surface area contributed by atoms with Crippen LogP contribution < -0.4 is 5.32 Å². The maximum absolute atomic E-state index is 12.5. The summed E-state index contributed by atoms with van der Waals surface area (Å²) in [5, 5.41) is 3.04. The van der Waals surface area contributed by atoms with Gasteiger partial charge in [0.1, 0.15) is 0 Å². The van der Waals surface area contributed by atoms with E-state index in [0.29, 0.717) is 12.3 Å². The van der Waals surface area contributed by atoms with Gasteiger partial charge in [-0.1, -0.05) is 48.5 Å². The molecule has 0 bridgehead atoms. The minimum atomic E-state index is 0.121. The molecule has 1 saturated heterocycles. The topological polar surface area (TPSA) is 49.4 Å². The Morgan fingerprint density at radius 2 is 1.57 bits per heavy atom. The molecule has 1 heterocycles. The van der Waals surface area contributed by atoms with Crippen LogP contribution in [-0.4, -0.2) is 36.3 Å². The van der Waals surface area contributed by atoms with Gasteiger partial charge in [0.2, 0.25) is 5.91 Å². The van der Waals surface area contributed by atoms with Crippen LogP contribution in [-0.2, 0) is 11.2 Å². The van der Waals surface area contributed by atoms with Gasteiger partial charge in [0.25, 0.3) is 5.91 Å². The standard InChI is InChI=1S/C24H30N2O2/c27-23(25-17-7-10-20-8-3-1-4-9-20)14-13-21-15-18-26(19-16-21)24(28)22-11-5-2-6-12-22/h1-6,8-9,11-12,21H,7,10,13-19H2,(H,25,27). The van der Waals surface area contributed by atoms with Crippen LogP contribution in [0.5, 0.6) is 0 Å². The number of hydrogen-bond donors (Lipinski definition) is 1. The maximum atomic E-state index is 12.5. The highest BCUT2D eigenvalue weighted by Crippen LogP contribution is 2.23. The number of piperidine rings is 1. The van der Waals surface area contributed by atoms with Crippen molar-refractivity contribution in [3.8, 4) is 0 Å². The molecule has 1 N–H and O–H groups in total. The van der Waals surface area contributed by atoms with E-state index < -0.39 is 0 Å². The molecule has 1 aliphatic rings. The zero-order chi connectivity index (χ0) is 19.6. The number of hydrogen-bond acceptors (Lipinski definition) is 2. The Balaban J connectivity index is 1.28. The van der Waals surface area contributed by atoms with Crippen LogP contribution in [0.15, 0.2) is 60.7 Å². The van der Waals surface area contributed by atoms with Gasteiger partial charge in [0.15, 0.2) is 0 Å². The summed E-state index contributed by atoms with van der Waals surface area (Å²) in [5.41, 5.74) is 2.07. The van der Waals surface area contributed by atoms with E-state index in [1.807, 2.05) is 53.4 Å². The van der Waals surface area contributed by atoms with Crippen LogP contribution in [0.1, 0.15) is 48.0 Å². The van der Waals surface area contributed by atoms with Gasteiger partial charge < -0.3 is 10.2 Å². The molecule has 0 radical (unpaired) electrons. The second-order valence-electron chi connectivity index (χ2n) is 7.58. The normalized spacial score (nSPS) is 14.6. The third-order valence-corrected chi connectivity index (χ3v) is 5.51. The number of benzene rings is 2. The van der Waals surface area contributed by atoms with Crippen LogP contribution in [0.25, 0.3) is 0 Å². The number of likely N-dealkylation sites (tertiary alicyclic amines) is 1. The summed E-state index contributed by atoms with van der Waals surface area (Å²) in [5.74, 6) is 0.806. The third-order valence-electron chi connectivity index (χ3n) is 5.51. The summed E-state index contributed by atoms with van der Waals surface area (Å²) in [7, 11) is 0. The Morgan fingerprint density at radius 1 is 0.929 bits per heavy atom. The Labute approximate surface area is 167 Å². The van der Waals surface area contributed by atoms with Crippen molar-refractivity contribution in [3.63, 3.8) is 0 Å². The predicted molar refractivity (Wildman–Crippen MR) is 112 cm³/mol. The summed E-state index contributed by atoms with van der Waals surface area (Å²) in [6.07, 6.45) is 5.44. The average molecular weight is 379 g/mol. The van der Waals surface area contributed by atoms with Crippen molar-refractivity contribution in [1.82, 2.24) is 10.2 Å². The number of carbonyl (C=O) groups is 2. The largest absolute Gasteiger partial charge is 0.356 e. The zero-order valence-corrected chi connectivity index (χ0v) is 16.5. The van der Waals surface area contributed by atoms with Crippen LogP contribution in [0.2, 0.25) is 0 Å². The maximum Gasteiger partial charge on any atom is 0.253 e. The monoisotopic (exact) mass is 378 g/mol. The molecule has 0 unspecified atom stereocenters. The lowest BCUT2D eigenvalue weighted by atomic mass is 9.91. The van der Waals surface area contributed by atoms with E-state index in [-0.39, 0.29) is 11.8 Å². The van der Waals surface area contributed by atoms with Gasteiger partial charge >= 0.3 is 0 Å². The fourth-order valence-electron chi connectivity index (χ4n) is 3.78. The molecule has 28 heavy (non-hydrogen) atoms. The minimum absolute atomic E-state index is 0.121. The lowest BCUT2D eigenvalue weighted by Gasteiger charge is -2.32. The van der Waals surface area contributed by atoms with Crippen LogP contribution in [0, 0.1) is 5.92 Å². The first kappa shape index (κ1) is 20.1. The molecule has 4 nitrogen and oxygen atoms in total. The lowest BCUT2D eigenvalue weighted by Crippen LogP contribution is -2.38. The van der Waals surface area contributed by atoms with Gasteiger partial charge in [-0.05, 0) is 55.7 Å². The van der Waals surface area contributed by atoms with Crippen LogP contribution >= 0.6 is 0 Å². The van der Waals surface area contributed by atoms with Gasteiger partial charge in [0, 0.05) is 31.6 Å². The molecule has 1 fully saturated rings. The number of carbonyl (C=O) groups excluding carboxylic acids is 2. The van der Waals surface area contributed by atoms with Crippen molar-refractivity contribution in [2.45, 2.75) is 38.5 Å². The first-order valence-corrected chi connectivity index (χ1v) is 10.4. The first-order chi connectivity index (χ1) is 13.7. The number of rotatable bonds is 8. The molecule has 0 atom stereocenters. The summed E-state index contributed by atoms with van der Waals surface area (Å²) in [6.45, 7) is 2.31. The second-order valence-corrected chi connectivity index (χ2v) is 7.58. The fraction of sp³-hybridized carbons (Fsp3) is 0.417. The highest BCUT2D eigenvalue weighted by molar-refractivity contribution is 5.94. The SMILES string of the molecule is O=C(CCC1CCN(C(=O)c2ccccc2)CC1)NCCCc1ccccc1. The highest BCUT2D eigenvalue weighted by atomic mass is 16.2. The van der Waals surface area contributed by atoms with Crippen molar-refractivity contribution in [3.05, 3.63) is 71.8 Å². The molecule has 2 aromatic carbocycles. The minimum Gasteiger partial charge on any atom is -0.356 e. The van der Waals surface area contributed by atoms with E-state index in [1.54, 1.807) is 0 Å². The molecule has 1 aliphatic heterocycles. The molecule has 0 aromatic heterocycles. The van der Waals surface area contributed by atoms with Crippen molar-refractivity contribution >= 4 is 11.8 Å². The van der Waals surface area contributed by atoms with Gasteiger partial charge in [0.05, 0.1) is 0 Å². The Morgan fingerprint density at radius 3 is 2.25 bits per heavy atom. The fourth-order valence-corrected chi connectivity index (χ4v) is 3.78. The number of aryl methyl sites for hydroxylation is 1. The molecule has 2 amide bonds. The number of nitrogens with zero attached hydrogens (tertiary/aromatic N) is 1. The average Bonchev–Trinajstić information content (AvgIpc) is 2.76. The van der Waals surface area contributed by atoms with E-state index in [2.05, 4.69) is 17.4 Å². The second kappa shape index (κ2) is 10.6. The molecular weight excluding hydrogens is 348 g/mol. The van der Waals surface area contributed by atoms with Crippen LogP contribution in [0.3, 0.4) is 0 Å². The third kappa shape index (κ3) is 6.22. The van der Waals surface area contributed by atoms with E-state index in [9.17, 15) is 9.59 Å². The van der Waals surface area contributed by atoms with E-state index in [0.717, 1.165) is 57.3 Å². The Hall–Kier alpha value is -2.62. The first-order valence-electron chi connectivity index (χ1n) is 10.4. The van der Waals surface area contributed by atoms with Gasteiger partial charge in [-0.15, -0.1) is 0 Å². The molecule has 4 heteroatoms. The van der Waals surface area contributed by atoms with Crippen molar-refractivity contribution in [2.75, 3.05) is 19.6 Å². The summed E-state index contributed by atoms with van der Waals surface area (Å²) in [6, 6.07) is 19.8. The zero-order valence-electron chi connectivity index (χ0n) is 16.5. The van der Waals surface area contributed by atoms with Crippen molar-refractivity contribution in [2.24, 2.45) is 5.92 Å². The molecule has 0 aliphatic carbocycles. The van der Waals surface area contributed by atoms with Gasteiger partial charge in [-0.25, -0.2) is 0 Å². The molecular formula is C24H30N2O2.